The van der Waals surface area contributed by atoms with E-state index in [1.807, 2.05) is 6.92 Å². The molecule has 29 heavy (non-hydrogen) atoms. The fourth-order valence-electron chi connectivity index (χ4n) is 3.71. The van der Waals surface area contributed by atoms with Gasteiger partial charge in [0.15, 0.2) is 0 Å². The summed E-state index contributed by atoms with van der Waals surface area (Å²) in [4.78, 5) is 37.4. The van der Waals surface area contributed by atoms with Crippen molar-refractivity contribution >= 4 is 23.7 Å². The van der Waals surface area contributed by atoms with E-state index in [2.05, 4.69) is 5.32 Å². The molecular formula is C21H23N2O6-. The number of fused-ring (bicyclic) bond motifs is 1. The maximum atomic E-state index is 12.2. The lowest BCUT2D eigenvalue weighted by Crippen LogP contribution is -2.45. The van der Waals surface area contributed by atoms with Gasteiger partial charge in [-0.15, -0.1) is 0 Å². The van der Waals surface area contributed by atoms with Crippen molar-refractivity contribution in [3.8, 4) is 11.3 Å². The summed E-state index contributed by atoms with van der Waals surface area (Å²) in [5, 5.41) is 14.2. The van der Waals surface area contributed by atoms with Gasteiger partial charge in [0.05, 0.1) is 24.4 Å². The van der Waals surface area contributed by atoms with Crippen molar-refractivity contribution in [1.29, 1.82) is 0 Å². The normalized spacial score (nSPS) is 18.3. The SMILES string of the molecule is CC(=O)N1c2ccc(-c3occc3C(=O)[O-])cc2[C@@H](NC(=O)OC(C)C)C[C@H]1C. The van der Waals surface area contributed by atoms with E-state index >= 15 is 0 Å². The van der Waals surface area contributed by atoms with Gasteiger partial charge in [-0.25, -0.2) is 4.79 Å². The van der Waals surface area contributed by atoms with Crippen molar-refractivity contribution in [2.75, 3.05) is 4.90 Å². The second-order valence-electron chi connectivity index (χ2n) is 7.35. The minimum Gasteiger partial charge on any atom is -0.545 e. The zero-order valence-electron chi connectivity index (χ0n) is 16.7. The van der Waals surface area contributed by atoms with Crippen LogP contribution in [-0.2, 0) is 9.53 Å². The van der Waals surface area contributed by atoms with Gasteiger partial charge < -0.3 is 29.3 Å². The van der Waals surface area contributed by atoms with E-state index in [-0.39, 0.29) is 29.4 Å². The second kappa shape index (κ2) is 7.98. The number of amides is 2. The Morgan fingerprint density at radius 2 is 2.00 bits per heavy atom. The molecule has 0 bridgehead atoms. The summed E-state index contributed by atoms with van der Waals surface area (Å²) in [6, 6.07) is 5.90. The lowest BCUT2D eigenvalue weighted by atomic mass is 9.89. The Balaban J connectivity index is 2.06. The van der Waals surface area contributed by atoms with Gasteiger partial charge in [0, 0.05) is 29.8 Å². The largest absolute Gasteiger partial charge is 0.545 e. The Morgan fingerprint density at radius 1 is 1.28 bits per heavy atom. The number of anilines is 1. The van der Waals surface area contributed by atoms with E-state index in [1.165, 1.54) is 19.3 Å². The number of nitrogens with one attached hydrogen (secondary N) is 1. The van der Waals surface area contributed by atoms with Gasteiger partial charge >= 0.3 is 6.09 Å². The quantitative estimate of drug-likeness (QED) is 0.846. The number of ether oxygens (including phenoxy) is 1. The summed E-state index contributed by atoms with van der Waals surface area (Å²) >= 11 is 0. The van der Waals surface area contributed by atoms with Crippen LogP contribution in [0.3, 0.4) is 0 Å². The molecule has 1 aromatic carbocycles. The predicted molar refractivity (Wildman–Crippen MR) is 103 cm³/mol. The highest BCUT2D eigenvalue weighted by Crippen LogP contribution is 2.40. The van der Waals surface area contributed by atoms with Gasteiger partial charge in [-0.2, -0.15) is 0 Å². The van der Waals surface area contributed by atoms with Gasteiger partial charge in [0.1, 0.15) is 5.76 Å². The van der Waals surface area contributed by atoms with Crippen molar-refractivity contribution in [1.82, 2.24) is 5.32 Å². The highest BCUT2D eigenvalue weighted by atomic mass is 16.6. The number of hydrogen-bond acceptors (Lipinski definition) is 6. The van der Waals surface area contributed by atoms with E-state index in [4.69, 9.17) is 9.15 Å². The third kappa shape index (κ3) is 4.11. The number of hydrogen-bond donors (Lipinski definition) is 1. The average Bonchev–Trinajstić information content (AvgIpc) is 3.10. The lowest BCUT2D eigenvalue weighted by Gasteiger charge is -2.39. The number of carboxylic acids is 1. The van der Waals surface area contributed by atoms with Gasteiger partial charge in [0.2, 0.25) is 5.91 Å². The zero-order valence-corrected chi connectivity index (χ0v) is 16.7. The molecule has 0 fully saturated rings. The van der Waals surface area contributed by atoms with E-state index in [0.717, 1.165) is 0 Å². The monoisotopic (exact) mass is 399 g/mol. The van der Waals surface area contributed by atoms with Crippen LogP contribution in [0.25, 0.3) is 11.3 Å². The van der Waals surface area contributed by atoms with Gasteiger partial charge in [-0.3, -0.25) is 4.79 Å². The topological polar surface area (TPSA) is 112 Å². The third-order valence-electron chi connectivity index (χ3n) is 4.80. The second-order valence-corrected chi connectivity index (χ2v) is 7.35. The maximum Gasteiger partial charge on any atom is 0.407 e. The van der Waals surface area contributed by atoms with Crippen LogP contribution in [0.2, 0.25) is 0 Å². The first-order valence-electron chi connectivity index (χ1n) is 9.39. The Bertz CT molecular complexity index is 948. The number of furan rings is 1. The van der Waals surface area contributed by atoms with Crippen molar-refractivity contribution < 1.29 is 28.6 Å². The van der Waals surface area contributed by atoms with Crippen LogP contribution in [0.4, 0.5) is 10.5 Å². The van der Waals surface area contributed by atoms with E-state index in [1.54, 1.807) is 36.9 Å². The molecule has 1 aromatic heterocycles. The molecule has 0 saturated heterocycles. The molecule has 8 nitrogen and oxygen atoms in total. The molecule has 0 unspecified atom stereocenters. The highest BCUT2D eigenvalue weighted by Gasteiger charge is 2.34. The number of aromatic carboxylic acids is 1. The molecule has 3 rings (SSSR count). The molecule has 0 aliphatic carbocycles. The third-order valence-corrected chi connectivity index (χ3v) is 4.80. The van der Waals surface area contributed by atoms with Crippen LogP contribution in [-0.4, -0.2) is 30.1 Å². The summed E-state index contributed by atoms with van der Waals surface area (Å²) in [7, 11) is 0. The number of carbonyl (C=O) groups is 3. The smallest absolute Gasteiger partial charge is 0.407 e. The molecule has 0 radical (unpaired) electrons. The van der Waals surface area contributed by atoms with Gasteiger partial charge in [0.25, 0.3) is 0 Å². The lowest BCUT2D eigenvalue weighted by molar-refractivity contribution is -0.255. The van der Waals surface area contributed by atoms with Crippen molar-refractivity contribution in [3.05, 3.63) is 41.7 Å². The van der Waals surface area contributed by atoms with Crippen molar-refractivity contribution in [2.45, 2.75) is 52.3 Å². The molecule has 1 aliphatic heterocycles. The Morgan fingerprint density at radius 3 is 2.62 bits per heavy atom. The molecule has 0 spiro atoms. The molecule has 2 atom stereocenters. The Kier molecular flexibility index (Phi) is 5.63. The van der Waals surface area contributed by atoms with Crippen LogP contribution in [0, 0.1) is 0 Å². The van der Waals surface area contributed by atoms with Crippen LogP contribution in [0.5, 0.6) is 0 Å². The highest BCUT2D eigenvalue weighted by molar-refractivity contribution is 5.96. The summed E-state index contributed by atoms with van der Waals surface area (Å²) in [5.74, 6) is -1.31. The Labute approximate surface area is 168 Å². The minimum absolute atomic E-state index is 0.0683. The average molecular weight is 399 g/mol. The molecule has 2 aromatic rings. The first kappa shape index (κ1) is 20.4. The van der Waals surface area contributed by atoms with E-state index in [9.17, 15) is 19.5 Å². The molecule has 154 valence electrons. The first-order chi connectivity index (χ1) is 13.7. The molecule has 1 N–H and O–H groups in total. The number of rotatable bonds is 4. The van der Waals surface area contributed by atoms with Crippen LogP contribution in [0.15, 0.2) is 34.9 Å². The van der Waals surface area contributed by atoms with Crippen molar-refractivity contribution in [3.63, 3.8) is 0 Å². The first-order valence-corrected chi connectivity index (χ1v) is 9.39. The number of alkyl carbamates (subject to hydrolysis) is 1. The Hall–Kier alpha value is -3.29. The van der Waals surface area contributed by atoms with Crippen LogP contribution in [0.1, 0.15) is 56.1 Å². The molecule has 1 aliphatic rings. The summed E-state index contributed by atoms with van der Waals surface area (Å²) in [6.45, 7) is 6.90. The van der Waals surface area contributed by atoms with Crippen LogP contribution < -0.4 is 15.3 Å². The number of nitrogens with zero attached hydrogens (tertiary/aromatic N) is 1. The van der Waals surface area contributed by atoms with Crippen molar-refractivity contribution in [2.24, 2.45) is 0 Å². The van der Waals surface area contributed by atoms with E-state index in [0.29, 0.717) is 23.2 Å². The molecular weight excluding hydrogens is 376 g/mol. The van der Waals surface area contributed by atoms with E-state index < -0.39 is 18.1 Å². The predicted octanol–water partition coefficient (Wildman–Crippen LogP) is 2.63. The fraction of sp³-hybridized carbons (Fsp3) is 0.381. The number of carboxylic acid groups (broad SMARTS) is 1. The maximum absolute atomic E-state index is 12.2. The molecule has 2 amide bonds. The number of benzene rings is 1. The zero-order chi connectivity index (χ0) is 21.3. The van der Waals surface area contributed by atoms with Crippen LogP contribution >= 0.6 is 0 Å². The summed E-state index contributed by atoms with van der Waals surface area (Å²) in [6.07, 6.45) is 0.927. The standard InChI is InChI=1S/C21H24N2O6/c1-11(2)29-21(27)22-17-9-12(3)23(13(4)24)18-6-5-14(10-16(17)18)19-15(20(25)26)7-8-28-19/h5-8,10-12,17H,9H2,1-4H3,(H,22,27)(H,25,26)/p-1/t12-,17+/m1/s1. The van der Waals surface area contributed by atoms with Gasteiger partial charge in [-0.1, -0.05) is 0 Å². The molecule has 0 saturated carbocycles. The summed E-state index contributed by atoms with van der Waals surface area (Å²) < 4.78 is 10.5. The van der Waals surface area contributed by atoms with Gasteiger partial charge in [-0.05, 0) is 57.0 Å². The molecule has 8 heteroatoms. The fourth-order valence-corrected chi connectivity index (χ4v) is 3.71. The molecule has 2 heterocycles. The summed E-state index contributed by atoms with van der Waals surface area (Å²) in [5.41, 5.74) is 1.77. The number of carbonyl (C=O) groups excluding carboxylic acids is 3. The minimum atomic E-state index is -1.35.